The van der Waals surface area contributed by atoms with E-state index in [9.17, 15) is 9.18 Å². The van der Waals surface area contributed by atoms with Crippen molar-refractivity contribution >= 4 is 23.4 Å². The molecule has 2 aromatic carbocycles. The largest absolute Gasteiger partial charge is 0.334 e. The quantitative estimate of drug-likeness (QED) is 0.424. The number of amides is 2. The van der Waals surface area contributed by atoms with Gasteiger partial charge in [0.15, 0.2) is 0 Å². The first kappa shape index (κ1) is 23.0. The van der Waals surface area contributed by atoms with Crippen molar-refractivity contribution in [1.29, 1.82) is 0 Å². The summed E-state index contributed by atoms with van der Waals surface area (Å²) >= 11 is 1.66. The highest BCUT2D eigenvalue weighted by Gasteiger charge is 2.35. The fourth-order valence-electron chi connectivity index (χ4n) is 3.84. The van der Waals surface area contributed by atoms with Gasteiger partial charge in [-0.25, -0.2) is 9.18 Å². The van der Waals surface area contributed by atoms with Crippen LogP contribution in [-0.4, -0.2) is 33.9 Å². The molecule has 0 bridgehead atoms. The number of rotatable bonds is 7. The van der Waals surface area contributed by atoms with Crippen LogP contribution in [0.2, 0.25) is 0 Å². The van der Waals surface area contributed by atoms with Crippen molar-refractivity contribution in [2.24, 2.45) is 5.92 Å². The molecule has 1 atom stereocenters. The Labute approximate surface area is 197 Å². The van der Waals surface area contributed by atoms with E-state index in [0.717, 1.165) is 22.6 Å². The van der Waals surface area contributed by atoms with E-state index < -0.39 is 6.04 Å². The van der Waals surface area contributed by atoms with E-state index in [1.54, 1.807) is 28.8 Å². The van der Waals surface area contributed by atoms with Crippen molar-refractivity contribution in [2.75, 3.05) is 12.8 Å². The Hall–Kier alpha value is -3.13. The summed E-state index contributed by atoms with van der Waals surface area (Å²) in [4.78, 5) is 20.5. The average Bonchev–Trinajstić information content (AvgIpc) is 3.28. The maximum Gasteiger partial charge on any atom is 0.322 e. The lowest BCUT2D eigenvalue weighted by atomic mass is 9.94. The molecule has 1 aliphatic rings. The van der Waals surface area contributed by atoms with E-state index in [1.165, 1.54) is 12.1 Å². The highest BCUT2D eigenvalue weighted by molar-refractivity contribution is 7.98. The number of carbonyl (C=O) groups excluding carboxylic acids is 1. The predicted molar refractivity (Wildman–Crippen MR) is 128 cm³/mol. The van der Waals surface area contributed by atoms with Crippen LogP contribution in [0.4, 0.5) is 9.18 Å². The number of halogens is 1. The summed E-state index contributed by atoms with van der Waals surface area (Å²) in [6.07, 6.45) is 2.87. The standard InChI is InChI=1S/C25H27FN4O2S/c1-15(2)12-13-30-16(3)21(22(27-25(30)31)18-6-5-7-19(26)14-18)24-28-23(29-32-24)17-8-10-20(33-4)11-9-17/h5-11,14-15,22H,12-13H2,1-4H3,(H,27,31). The number of urea groups is 1. The number of benzene rings is 2. The van der Waals surface area contributed by atoms with Gasteiger partial charge in [0.2, 0.25) is 5.82 Å². The van der Waals surface area contributed by atoms with Gasteiger partial charge in [0.1, 0.15) is 5.82 Å². The summed E-state index contributed by atoms with van der Waals surface area (Å²) in [5.41, 5.74) is 2.84. The highest BCUT2D eigenvalue weighted by atomic mass is 32.2. The van der Waals surface area contributed by atoms with Crippen LogP contribution in [0.15, 0.2) is 63.6 Å². The third kappa shape index (κ3) is 4.95. The molecular formula is C25H27FN4O2S. The molecule has 0 fully saturated rings. The Morgan fingerprint density at radius 3 is 2.64 bits per heavy atom. The number of nitrogens with zero attached hydrogens (tertiary/aromatic N) is 3. The first-order chi connectivity index (χ1) is 15.9. The van der Waals surface area contributed by atoms with Gasteiger partial charge in [-0.3, -0.25) is 4.90 Å². The lowest BCUT2D eigenvalue weighted by Crippen LogP contribution is -2.46. The maximum absolute atomic E-state index is 14.0. The number of aromatic nitrogens is 2. The SMILES string of the molecule is CSc1ccc(-c2noc(C3=C(C)N(CCC(C)C)C(=O)NC3c3cccc(F)c3)n2)cc1. The van der Waals surface area contributed by atoms with Crippen molar-refractivity contribution in [3.05, 3.63) is 71.5 Å². The molecule has 0 aliphatic carbocycles. The smallest absolute Gasteiger partial charge is 0.322 e. The minimum atomic E-state index is -0.601. The molecule has 4 rings (SSSR count). The van der Waals surface area contributed by atoms with Gasteiger partial charge >= 0.3 is 6.03 Å². The van der Waals surface area contributed by atoms with Crippen LogP contribution in [0.25, 0.3) is 17.0 Å². The Kier molecular flexibility index (Phi) is 6.83. The van der Waals surface area contributed by atoms with Crippen LogP contribution in [0.5, 0.6) is 0 Å². The molecule has 172 valence electrons. The van der Waals surface area contributed by atoms with Gasteiger partial charge in [-0.2, -0.15) is 4.98 Å². The first-order valence-corrected chi connectivity index (χ1v) is 12.1. The minimum absolute atomic E-state index is 0.224. The second-order valence-electron chi connectivity index (χ2n) is 8.42. The van der Waals surface area contributed by atoms with E-state index >= 15 is 0 Å². The summed E-state index contributed by atoms with van der Waals surface area (Å²) in [6.45, 7) is 6.66. The maximum atomic E-state index is 14.0. The van der Waals surface area contributed by atoms with Crippen molar-refractivity contribution in [3.63, 3.8) is 0 Å². The average molecular weight is 467 g/mol. The zero-order valence-electron chi connectivity index (χ0n) is 19.1. The first-order valence-electron chi connectivity index (χ1n) is 10.9. The Balaban J connectivity index is 1.77. The van der Waals surface area contributed by atoms with Crippen molar-refractivity contribution in [2.45, 2.75) is 38.1 Å². The Bertz CT molecular complexity index is 1170. The molecule has 1 aliphatic heterocycles. The zero-order valence-corrected chi connectivity index (χ0v) is 19.9. The number of hydrogen-bond donors (Lipinski definition) is 1. The molecule has 1 unspecified atom stereocenters. The van der Waals surface area contributed by atoms with Crippen molar-refractivity contribution < 1.29 is 13.7 Å². The van der Waals surface area contributed by atoms with Crippen LogP contribution >= 0.6 is 11.8 Å². The second kappa shape index (κ2) is 9.79. The lowest BCUT2D eigenvalue weighted by Gasteiger charge is -2.35. The predicted octanol–water partition coefficient (Wildman–Crippen LogP) is 6.14. The number of nitrogens with one attached hydrogen (secondary N) is 1. The fraction of sp³-hybridized carbons (Fsp3) is 0.320. The minimum Gasteiger partial charge on any atom is -0.334 e. The summed E-state index contributed by atoms with van der Waals surface area (Å²) in [5.74, 6) is 0.831. The second-order valence-corrected chi connectivity index (χ2v) is 9.30. The van der Waals surface area contributed by atoms with Crippen LogP contribution in [-0.2, 0) is 0 Å². The van der Waals surface area contributed by atoms with Gasteiger partial charge in [-0.05, 0) is 67.5 Å². The van der Waals surface area contributed by atoms with Crippen LogP contribution in [0, 0.1) is 11.7 Å². The molecule has 2 heterocycles. The van der Waals surface area contributed by atoms with E-state index in [2.05, 4.69) is 29.3 Å². The number of thioether (sulfide) groups is 1. The fourth-order valence-corrected chi connectivity index (χ4v) is 4.25. The normalized spacial score (nSPS) is 16.5. The number of carbonyl (C=O) groups is 1. The molecule has 33 heavy (non-hydrogen) atoms. The summed E-state index contributed by atoms with van der Waals surface area (Å²) < 4.78 is 19.7. The number of allylic oxidation sites excluding steroid dienone is 1. The summed E-state index contributed by atoms with van der Waals surface area (Å²) in [7, 11) is 0. The van der Waals surface area contributed by atoms with Gasteiger partial charge in [0.25, 0.3) is 5.89 Å². The van der Waals surface area contributed by atoms with Gasteiger partial charge in [0.05, 0.1) is 11.6 Å². The molecule has 6 nitrogen and oxygen atoms in total. The zero-order chi connectivity index (χ0) is 23.5. The van der Waals surface area contributed by atoms with Gasteiger partial charge in [-0.15, -0.1) is 11.8 Å². The van der Waals surface area contributed by atoms with E-state index in [4.69, 9.17) is 4.52 Å². The van der Waals surface area contributed by atoms with Crippen LogP contribution in [0.3, 0.4) is 0 Å². The molecule has 1 aromatic heterocycles. The van der Waals surface area contributed by atoms with E-state index in [-0.39, 0.29) is 11.8 Å². The van der Waals surface area contributed by atoms with Gasteiger partial charge in [0, 0.05) is 22.7 Å². The van der Waals surface area contributed by atoms with E-state index in [1.807, 2.05) is 37.4 Å². The van der Waals surface area contributed by atoms with Crippen LogP contribution < -0.4 is 5.32 Å². The third-order valence-corrected chi connectivity index (χ3v) is 6.46. The molecular weight excluding hydrogens is 439 g/mol. The third-order valence-electron chi connectivity index (χ3n) is 5.71. The van der Waals surface area contributed by atoms with Gasteiger partial charge < -0.3 is 9.84 Å². The molecule has 2 amide bonds. The summed E-state index contributed by atoms with van der Waals surface area (Å²) in [5, 5.41) is 7.19. The molecule has 0 saturated heterocycles. The van der Waals surface area contributed by atoms with Gasteiger partial charge in [-0.1, -0.05) is 31.1 Å². The molecule has 3 aromatic rings. The summed E-state index contributed by atoms with van der Waals surface area (Å²) in [6, 6.07) is 13.3. The Morgan fingerprint density at radius 2 is 1.97 bits per heavy atom. The highest BCUT2D eigenvalue weighted by Crippen LogP contribution is 2.37. The monoisotopic (exact) mass is 466 g/mol. The molecule has 0 radical (unpaired) electrons. The van der Waals surface area contributed by atoms with E-state index in [0.29, 0.717) is 35.3 Å². The Morgan fingerprint density at radius 1 is 1.21 bits per heavy atom. The molecule has 8 heteroatoms. The topological polar surface area (TPSA) is 71.3 Å². The molecule has 1 N–H and O–H groups in total. The molecule has 0 saturated carbocycles. The van der Waals surface area contributed by atoms with Crippen LogP contribution in [0.1, 0.15) is 44.7 Å². The molecule has 0 spiro atoms. The number of hydrogen-bond acceptors (Lipinski definition) is 5. The lowest BCUT2D eigenvalue weighted by molar-refractivity contribution is 0.202. The van der Waals surface area contributed by atoms with Crippen molar-refractivity contribution in [1.82, 2.24) is 20.4 Å². The van der Waals surface area contributed by atoms with Crippen molar-refractivity contribution in [3.8, 4) is 11.4 Å².